The first-order chi connectivity index (χ1) is 10.3. The number of fused-ring (bicyclic) bond motifs is 1. The number of benzene rings is 1. The summed E-state index contributed by atoms with van der Waals surface area (Å²) >= 11 is 0. The Morgan fingerprint density at radius 1 is 1.24 bits per heavy atom. The highest BCUT2D eigenvalue weighted by atomic mass is 16.1. The predicted molar refractivity (Wildman–Crippen MR) is 84.4 cm³/mol. The maximum absolute atomic E-state index is 11.1. The highest BCUT2D eigenvalue weighted by Gasteiger charge is 2.21. The number of aromatic nitrogens is 2. The van der Waals surface area contributed by atoms with E-state index in [1.165, 1.54) is 23.6 Å². The second-order valence-electron chi connectivity index (χ2n) is 5.77. The van der Waals surface area contributed by atoms with Crippen LogP contribution in [0.1, 0.15) is 24.5 Å². The lowest BCUT2D eigenvalue weighted by Gasteiger charge is -2.09. The van der Waals surface area contributed by atoms with Crippen LogP contribution in [-0.4, -0.2) is 23.3 Å². The first-order valence-electron chi connectivity index (χ1n) is 7.65. The molecule has 110 valence electrons. The summed E-state index contributed by atoms with van der Waals surface area (Å²) in [4.78, 5) is 11.1. The average molecular weight is 283 g/mol. The van der Waals surface area contributed by atoms with Crippen LogP contribution in [0.2, 0.25) is 0 Å². The van der Waals surface area contributed by atoms with E-state index < -0.39 is 0 Å². The molecule has 1 aliphatic carbocycles. The number of hydrogen-bond donors (Lipinski definition) is 2. The van der Waals surface area contributed by atoms with E-state index in [4.69, 9.17) is 0 Å². The largest absolute Gasteiger partial charge is 0.316 e. The molecule has 4 nitrogen and oxygen atoms in total. The van der Waals surface area contributed by atoms with Crippen LogP contribution >= 0.6 is 0 Å². The van der Waals surface area contributed by atoms with Gasteiger partial charge in [0.15, 0.2) is 0 Å². The maximum atomic E-state index is 11.1. The van der Waals surface area contributed by atoms with Crippen LogP contribution in [0.3, 0.4) is 0 Å². The molecule has 0 radical (unpaired) electrons. The molecule has 1 atom stereocenters. The quantitative estimate of drug-likeness (QED) is 0.827. The first kappa shape index (κ1) is 14.0. The molecule has 1 aromatic carbocycles. The van der Waals surface area contributed by atoms with Crippen molar-refractivity contribution >= 4 is 0 Å². The van der Waals surface area contributed by atoms with E-state index in [2.05, 4.69) is 40.6 Å². The van der Waals surface area contributed by atoms with Crippen molar-refractivity contribution in [1.82, 2.24) is 15.5 Å². The molecule has 1 aromatic heterocycles. The smallest absolute Gasteiger partial charge is 0.264 e. The Bertz CT molecular complexity index is 657. The van der Waals surface area contributed by atoms with Crippen LogP contribution in [-0.2, 0) is 12.8 Å². The van der Waals surface area contributed by atoms with Gasteiger partial charge in [-0.2, -0.15) is 5.10 Å². The molecule has 2 aromatic rings. The molecule has 2 N–H and O–H groups in total. The number of hydrogen-bond acceptors (Lipinski definition) is 3. The van der Waals surface area contributed by atoms with Gasteiger partial charge in [0.1, 0.15) is 0 Å². The molecule has 21 heavy (non-hydrogen) atoms. The number of aromatic amines is 1. The third-order valence-corrected chi connectivity index (χ3v) is 4.06. The van der Waals surface area contributed by atoms with Gasteiger partial charge in [0.05, 0.1) is 5.69 Å². The zero-order valence-corrected chi connectivity index (χ0v) is 12.4. The van der Waals surface area contributed by atoms with Crippen molar-refractivity contribution in [3.63, 3.8) is 0 Å². The van der Waals surface area contributed by atoms with E-state index in [0.717, 1.165) is 37.2 Å². The molecule has 0 bridgehead atoms. The number of nitrogens with one attached hydrogen (secondary N) is 2. The van der Waals surface area contributed by atoms with Crippen LogP contribution in [0.15, 0.2) is 35.1 Å². The van der Waals surface area contributed by atoms with E-state index in [1.807, 2.05) is 0 Å². The van der Waals surface area contributed by atoms with Crippen molar-refractivity contribution in [1.29, 1.82) is 0 Å². The van der Waals surface area contributed by atoms with Gasteiger partial charge in [-0.3, -0.25) is 4.79 Å². The lowest BCUT2D eigenvalue weighted by molar-refractivity contribution is 0.498. The Labute approximate surface area is 124 Å². The Hall–Kier alpha value is -1.94. The Balaban J connectivity index is 1.74. The van der Waals surface area contributed by atoms with Gasteiger partial charge >= 0.3 is 0 Å². The highest BCUT2D eigenvalue weighted by Crippen LogP contribution is 2.29. The third-order valence-electron chi connectivity index (χ3n) is 4.06. The summed E-state index contributed by atoms with van der Waals surface area (Å²) in [6, 6.07) is 9.82. The van der Waals surface area contributed by atoms with Crippen molar-refractivity contribution < 1.29 is 0 Å². The molecule has 3 rings (SSSR count). The molecule has 1 unspecified atom stereocenters. The summed E-state index contributed by atoms with van der Waals surface area (Å²) in [6.45, 7) is 4.38. The molecule has 0 saturated heterocycles. The zero-order chi connectivity index (χ0) is 14.7. The fourth-order valence-electron chi connectivity index (χ4n) is 3.00. The second kappa shape index (κ2) is 6.22. The molecular formula is C17H21N3O. The molecule has 0 aliphatic heterocycles. The lowest BCUT2D eigenvalue weighted by atomic mass is 10.0. The standard InChI is InChI=1S/C17H21N3O/c1-2-7-18-11-12-8-13-3-4-14(10-15(13)9-12)16-5-6-17(21)20-19-16/h3-6,10,12,18H,2,7-9,11H2,1H3,(H,20,21). The molecule has 0 spiro atoms. The zero-order valence-electron chi connectivity index (χ0n) is 12.4. The van der Waals surface area contributed by atoms with Crippen molar-refractivity contribution in [3.8, 4) is 11.3 Å². The molecule has 1 aliphatic rings. The monoisotopic (exact) mass is 283 g/mol. The van der Waals surface area contributed by atoms with Crippen molar-refractivity contribution in [2.75, 3.05) is 13.1 Å². The van der Waals surface area contributed by atoms with E-state index in [9.17, 15) is 4.79 Å². The molecule has 0 amide bonds. The van der Waals surface area contributed by atoms with Gasteiger partial charge in [-0.1, -0.05) is 19.1 Å². The number of H-pyrrole nitrogens is 1. The summed E-state index contributed by atoms with van der Waals surface area (Å²) in [6.07, 6.45) is 3.47. The van der Waals surface area contributed by atoms with Crippen molar-refractivity contribution in [3.05, 3.63) is 51.8 Å². The molecule has 4 heteroatoms. The first-order valence-corrected chi connectivity index (χ1v) is 7.65. The molecule has 0 fully saturated rings. The van der Waals surface area contributed by atoms with E-state index in [0.29, 0.717) is 5.92 Å². The van der Waals surface area contributed by atoms with E-state index in [1.54, 1.807) is 6.07 Å². The summed E-state index contributed by atoms with van der Waals surface area (Å²) in [7, 11) is 0. The van der Waals surface area contributed by atoms with Crippen LogP contribution in [0.25, 0.3) is 11.3 Å². The minimum Gasteiger partial charge on any atom is -0.316 e. The van der Waals surface area contributed by atoms with Crippen LogP contribution < -0.4 is 10.9 Å². The van der Waals surface area contributed by atoms with Gasteiger partial charge in [-0.25, -0.2) is 5.10 Å². The summed E-state index contributed by atoms with van der Waals surface area (Å²) < 4.78 is 0. The Morgan fingerprint density at radius 2 is 2.10 bits per heavy atom. The fraction of sp³-hybridized carbons (Fsp3) is 0.412. The summed E-state index contributed by atoms with van der Waals surface area (Å²) in [5.74, 6) is 0.699. The molecule has 0 saturated carbocycles. The van der Waals surface area contributed by atoms with Gasteiger partial charge in [-0.05, 0) is 61.5 Å². The topological polar surface area (TPSA) is 57.8 Å². The van der Waals surface area contributed by atoms with Crippen LogP contribution in [0.4, 0.5) is 0 Å². The van der Waals surface area contributed by atoms with Gasteiger partial charge in [-0.15, -0.1) is 0 Å². The SMILES string of the molecule is CCCNCC1Cc2ccc(-c3ccc(=O)[nH]n3)cc2C1. The number of rotatable bonds is 5. The van der Waals surface area contributed by atoms with Gasteiger partial charge in [0.2, 0.25) is 0 Å². The van der Waals surface area contributed by atoms with Gasteiger partial charge in [0.25, 0.3) is 5.56 Å². The average Bonchev–Trinajstić information content (AvgIpc) is 2.90. The lowest BCUT2D eigenvalue weighted by Crippen LogP contribution is -2.23. The van der Waals surface area contributed by atoms with Gasteiger partial charge in [0, 0.05) is 11.6 Å². The summed E-state index contributed by atoms with van der Waals surface area (Å²) in [5.41, 5.74) is 4.61. The molecule has 1 heterocycles. The van der Waals surface area contributed by atoms with E-state index in [-0.39, 0.29) is 5.56 Å². The Kier molecular flexibility index (Phi) is 4.15. The van der Waals surface area contributed by atoms with Crippen molar-refractivity contribution in [2.24, 2.45) is 5.92 Å². The van der Waals surface area contributed by atoms with E-state index >= 15 is 0 Å². The minimum atomic E-state index is -0.165. The second-order valence-corrected chi connectivity index (χ2v) is 5.77. The summed E-state index contributed by atoms with van der Waals surface area (Å²) in [5, 5.41) is 10.1. The predicted octanol–water partition coefficient (Wildman–Crippen LogP) is 2.15. The maximum Gasteiger partial charge on any atom is 0.264 e. The van der Waals surface area contributed by atoms with Crippen molar-refractivity contribution in [2.45, 2.75) is 26.2 Å². The minimum absolute atomic E-state index is 0.165. The third kappa shape index (κ3) is 3.22. The number of nitrogens with zero attached hydrogens (tertiary/aromatic N) is 1. The normalized spacial score (nSPS) is 16.9. The highest BCUT2D eigenvalue weighted by molar-refractivity contribution is 5.61. The van der Waals surface area contributed by atoms with Crippen LogP contribution in [0.5, 0.6) is 0 Å². The van der Waals surface area contributed by atoms with Crippen LogP contribution in [0, 0.1) is 5.92 Å². The fourth-order valence-corrected chi connectivity index (χ4v) is 3.00. The Morgan fingerprint density at radius 3 is 2.86 bits per heavy atom. The molecular weight excluding hydrogens is 262 g/mol. The van der Waals surface area contributed by atoms with Gasteiger partial charge < -0.3 is 5.32 Å².